The number of nitrogens with zero attached hydrogens (tertiary/aromatic N) is 1. The molecule has 0 saturated heterocycles. The van der Waals surface area contributed by atoms with Crippen molar-refractivity contribution < 1.29 is 0 Å². The van der Waals surface area contributed by atoms with E-state index < -0.39 is 0 Å². The summed E-state index contributed by atoms with van der Waals surface area (Å²) in [6.07, 6.45) is 7.05. The van der Waals surface area contributed by atoms with Crippen LogP contribution in [0.4, 0.5) is 0 Å². The second-order valence-corrected chi connectivity index (χ2v) is 4.91. The molecule has 3 nitrogen and oxygen atoms in total. The van der Waals surface area contributed by atoms with Crippen LogP contribution in [0, 0.1) is 0 Å². The lowest BCUT2D eigenvalue weighted by Gasteiger charge is -2.29. The largest absolute Gasteiger partial charge is 0.330 e. The molecule has 0 aliphatic heterocycles. The lowest BCUT2D eigenvalue weighted by molar-refractivity contribution is 0.194. The summed E-state index contributed by atoms with van der Waals surface area (Å²) in [5, 5.41) is 0. The first kappa shape index (κ1) is 16.9. The zero-order valence-corrected chi connectivity index (χ0v) is 12.1. The Morgan fingerprint density at radius 3 is 2.06 bits per heavy atom. The first-order valence-corrected chi connectivity index (χ1v) is 7.39. The smallest absolute Gasteiger partial charge is 0.00929 e. The molecule has 2 unspecified atom stereocenters. The highest BCUT2D eigenvalue weighted by molar-refractivity contribution is 4.72. The van der Waals surface area contributed by atoms with Gasteiger partial charge in [0.05, 0.1) is 0 Å². The van der Waals surface area contributed by atoms with E-state index in [-0.39, 0.29) is 0 Å². The summed E-state index contributed by atoms with van der Waals surface area (Å²) in [5.41, 5.74) is 11.6. The van der Waals surface area contributed by atoms with Gasteiger partial charge in [-0.05, 0) is 51.7 Å². The van der Waals surface area contributed by atoms with E-state index in [0.29, 0.717) is 12.1 Å². The van der Waals surface area contributed by atoms with Gasteiger partial charge < -0.3 is 16.4 Å². The van der Waals surface area contributed by atoms with Crippen LogP contribution in [0.3, 0.4) is 0 Å². The zero-order valence-electron chi connectivity index (χ0n) is 12.1. The molecule has 0 aromatic rings. The van der Waals surface area contributed by atoms with Crippen LogP contribution < -0.4 is 11.5 Å². The molecule has 0 aromatic heterocycles. The minimum Gasteiger partial charge on any atom is -0.330 e. The Labute approximate surface area is 108 Å². The van der Waals surface area contributed by atoms with Gasteiger partial charge in [0.25, 0.3) is 0 Å². The number of rotatable bonds is 11. The fourth-order valence-corrected chi connectivity index (χ4v) is 2.49. The summed E-state index contributed by atoms with van der Waals surface area (Å²) in [6, 6.07) is 1.08. The third-order valence-electron chi connectivity index (χ3n) is 3.70. The Bertz CT molecular complexity index is 158. The van der Waals surface area contributed by atoms with E-state index in [4.69, 9.17) is 11.5 Å². The van der Waals surface area contributed by atoms with E-state index in [9.17, 15) is 0 Å². The van der Waals surface area contributed by atoms with Crippen molar-refractivity contribution in [3.05, 3.63) is 0 Å². The predicted octanol–water partition coefficient (Wildman–Crippen LogP) is 2.34. The Hall–Kier alpha value is -0.120. The molecular formula is C14H33N3. The fourth-order valence-electron chi connectivity index (χ4n) is 2.49. The molecule has 104 valence electrons. The molecule has 17 heavy (non-hydrogen) atoms. The highest BCUT2D eigenvalue weighted by Crippen LogP contribution is 2.13. The predicted molar refractivity (Wildman–Crippen MR) is 77.1 cm³/mol. The second-order valence-electron chi connectivity index (χ2n) is 4.91. The molecule has 0 rings (SSSR count). The van der Waals surface area contributed by atoms with E-state index in [1.165, 1.54) is 19.3 Å². The molecule has 2 atom stereocenters. The first-order valence-electron chi connectivity index (χ1n) is 7.39. The lowest BCUT2D eigenvalue weighted by atomic mass is 9.99. The Balaban J connectivity index is 3.80. The van der Waals surface area contributed by atoms with Crippen molar-refractivity contribution in [2.45, 2.75) is 71.4 Å². The van der Waals surface area contributed by atoms with E-state index in [0.717, 1.165) is 38.9 Å². The molecule has 0 heterocycles. The highest BCUT2D eigenvalue weighted by atomic mass is 15.1. The van der Waals surface area contributed by atoms with Crippen molar-refractivity contribution in [3.63, 3.8) is 0 Å². The van der Waals surface area contributed by atoms with Crippen LogP contribution in [0.5, 0.6) is 0 Å². The molecule has 0 amide bonds. The standard InChI is InChI=1S/C14H33N3/c1-4-14(17(5-2)6-3)11-10-13(16)9-7-8-12-15/h13-14H,4-12,15-16H2,1-3H3. The van der Waals surface area contributed by atoms with Gasteiger partial charge >= 0.3 is 0 Å². The van der Waals surface area contributed by atoms with Crippen LogP contribution >= 0.6 is 0 Å². The topological polar surface area (TPSA) is 55.3 Å². The van der Waals surface area contributed by atoms with Gasteiger partial charge in [0, 0.05) is 12.1 Å². The van der Waals surface area contributed by atoms with E-state index >= 15 is 0 Å². The Morgan fingerprint density at radius 2 is 1.59 bits per heavy atom. The summed E-state index contributed by atoms with van der Waals surface area (Å²) < 4.78 is 0. The number of hydrogen-bond acceptors (Lipinski definition) is 3. The van der Waals surface area contributed by atoms with Crippen molar-refractivity contribution in [2.24, 2.45) is 11.5 Å². The Kier molecular flexibility index (Phi) is 10.9. The highest BCUT2D eigenvalue weighted by Gasteiger charge is 2.14. The van der Waals surface area contributed by atoms with Crippen molar-refractivity contribution >= 4 is 0 Å². The average Bonchev–Trinajstić information content (AvgIpc) is 2.34. The number of nitrogens with two attached hydrogens (primary N) is 2. The number of unbranched alkanes of at least 4 members (excludes halogenated alkanes) is 1. The minimum atomic E-state index is 0.367. The maximum absolute atomic E-state index is 6.14. The van der Waals surface area contributed by atoms with Gasteiger partial charge in [-0.3, -0.25) is 0 Å². The van der Waals surface area contributed by atoms with Crippen LogP contribution in [0.1, 0.15) is 59.3 Å². The summed E-state index contributed by atoms with van der Waals surface area (Å²) in [6.45, 7) is 9.86. The molecule has 0 aromatic carbocycles. The maximum Gasteiger partial charge on any atom is 0.00929 e. The molecule has 3 heteroatoms. The second kappa shape index (κ2) is 11.0. The van der Waals surface area contributed by atoms with Crippen LogP contribution in [0.2, 0.25) is 0 Å². The molecule has 0 aliphatic rings. The normalized spacial score (nSPS) is 15.2. The van der Waals surface area contributed by atoms with Gasteiger partial charge in [0.1, 0.15) is 0 Å². The van der Waals surface area contributed by atoms with Gasteiger partial charge in [-0.25, -0.2) is 0 Å². The summed E-state index contributed by atoms with van der Waals surface area (Å²) in [4.78, 5) is 2.55. The molecular weight excluding hydrogens is 210 g/mol. The quantitative estimate of drug-likeness (QED) is 0.548. The van der Waals surface area contributed by atoms with Crippen LogP contribution in [0.15, 0.2) is 0 Å². The molecule has 0 fully saturated rings. The molecule has 0 spiro atoms. The van der Waals surface area contributed by atoms with Crippen molar-refractivity contribution in [1.82, 2.24) is 4.90 Å². The SMILES string of the molecule is CCC(CCC(N)CCCCN)N(CC)CC. The third-order valence-corrected chi connectivity index (χ3v) is 3.70. The summed E-state index contributed by atoms with van der Waals surface area (Å²) in [5.74, 6) is 0. The van der Waals surface area contributed by atoms with Crippen molar-refractivity contribution in [3.8, 4) is 0 Å². The third kappa shape index (κ3) is 7.74. The number of hydrogen-bond donors (Lipinski definition) is 2. The van der Waals surface area contributed by atoms with E-state index in [1.807, 2.05) is 0 Å². The zero-order chi connectivity index (χ0) is 13.1. The van der Waals surface area contributed by atoms with E-state index in [2.05, 4.69) is 25.7 Å². The average molecular weight is 243 g/mol. The van der Waals surface area contributed by atoms with Gasteiger partial charge in [-0.15, -0.1) is 0 Å². The molecule has 4 N–H and O–H groups in total. The van der Waals surface area contributed by atoms with Gasteiger partial charge in [-0.2, -0.15) is 0 Å². The van der Waals surface area contributed by atoms with Crippen LogP contribution in [-0.4, -0.2) is 36.6 Å². The summed E-state index contributed by atoms with van der Waals surface area (Å²) >= 11 is 0. The summed E-state index contributed by atoms with van der Waals surface area (Å²) in [7, 11) is 0. The van der Waals surface area contributed by atoms with Gasteiger partial charge in [-0.1, -0.05) is 27.2 Å². The van der Waals surface area contributed by atoms with Gasteiger partial charge in [0.2, 0.25) is 0 Å². The van der Waals surface area contributed by atoms with Crippen LogP contribution in [0.25, 0.3) is 0 Å². The maximum atomic E-state index is 6.14. The van der Waals surface area contributed by atoms with Crippen molar-refractivity contribution in [2.75, 3.05) is 19.6 Å². The minimum absolute atomic E-state index is 0.367. The fraction of sp³-hybridized carbons (Fsp3) is 1.00. The van der Waals surface area contributed by atoms with Crippen molar-refractivity contribution in [1.29, 1.82) is 0 Å². The Morgan fingerprint density at radius 1 is 0.941 bits per heavy atom. The molecule has 0 aliphatic carbocycles. The molecule has 0 radical (unpaired) electrons. The van der Waals surface area contributed by atoms with Gasteiger partial charge in [0.15, 0.2) is 0 Å². The lowest BCUT2D eigenvalue weighted by Crippen LogP contribution is -2.36. The monoisotopic (exact) mass is 243 g/mol. The van der Waals surface area contributed by atoms with Crippen LogP contribution in [-0.2, 0) is 0 Å². The molecule has 0 saturated carbocycles. The molecule has 0 bridgehead atoms. The van der Waals surface area contributed by atoms with E-state index in [1.54, 1.807) is 0 Å². The first-order chi connectivity index (χ1) is 8.19.